The second kappa shape index (κ2) is 9.16. The normalized spacial score (nSPS) is 15.6. The zero-order valence-corrected chi connectivity index (χ0v) is 16.5. The van der Waals surface area contributed by atoms with E-state index >= 15 is 0 Å². The fourth-order valence-corrected chi connectivity index (χ4v) is 4.03. The molecule has 0 radical (unpaired) electrons. The number of thiocarbonyl (C=S) groups is 1. The molecule has 0 spiro atoms. The van der Waals surface area contributed by atoms with Crippen LogP contribution in [-0.4, -0.2) is 32.7 Å². The summed E-state index contributed by atoms with van der Waals surface area (Å²) >= 11 is 6.51. The number of nitrogens with zero attached hydrogens (tertiary/aromatic N) is 1. The first kappa shape index (κ1) is 20.3. The number of hydrogen-bond acceptors (Lipinski definition) is 5. The van der Waals surface area contributed by atoms with Crippen LogP contribution >= 0.6 is 24.0 Å². The number of unbranched alkanes of at least 4 members (excludes halogenated alkanes) is 2. The summed E-state index contributed by atoms with van der Waals surface area (Å²) in [6.45, 7) is 0.473. The van der Waals surface area contributed by atoms with E-state index in [1.54, 1.807) is 30.3 Å². The van der Waals surface area contributed by atoms with Gasteiger partial charge in [0, 0.05) is 24.6 Å². The van der Waals surface area contributed by atoms with Crippen molar-refractivity contribution in [2.45, 2.75) is 25.7 Å². The molecule has 1 aliphatic heterocycles. The van der Waals surface area contributed by atoms with Crippen molar-refractivity contribution in [2.24, 2.45) is 0 Å². The maximum atomic E-state index is 13.0. The van der Waals surface area contributed by atoms with Gasteiger partial charge in [0.05, 0.1) is 4.91 Å². The molecule has 0 aliphatic carbocycles. The van der Waals surface area contributed by atoms with Crippen LogP contribution in [0.5, 0.6) is 0 Å². The molecule has 1 N–H and O–H groups in total. The van der Waals surface area contributed by atoms with Gasteiger partial charge in [-0.15, -0.1) is 0 Å². The summed E-state index contributed by atoms with van der Waals surface area (Å²) < 4.78 is 19.3. The molecule has 1 saturated heterocycles. The summed E-state index contributed by atoms with van der Waals surface area (Å²) in [4.78, 5) is 25.1. The number of carbonyl (C=O) groups is 2. The van der Waals surface area contributed by atoms with Crippen molar-refractivity contribution in [3.8, 4) is 11.3 Å². The number of thioether (sulfide) groups is 1. The maximum Gasteiger partial charge on any atom is 0.303 e. The van der Waals surface area contributed by atoms with Gasteiger partial charge in [-0.2, -0.15) is 0 Å². The standard InChI is InChI=1S/C20H18FNO4S2/c21-14-7-5-13(6-8-14)16-10-9-15(26-16)12-17-19(25)22(20(27)28-17)11-3-1-2-4-18(23)24/h5-10,12H,1-4,11H2,(H,23,24)/b17-12-. The molecule has 0 unspecified atom stereocenters. The fraction of sp³-hybridized carbons (Fsp3) is 0.250. The molecule has 3 rings (SSSR count). The Morgan fingerprint density at radius 3 is 2.64 bits per heavy atom. The van der Waals surface area contributed by atoms with E-state index in [0.29, 0.717) is 40.1 Å². The third kappa shape index (κ3) is 5.08. The van der Waals surface area contributed by atoms with Crippen molar-refractivity contribution >= 4 is 46.3 Å². The first-order valence-corrected chi connectivity index (χ1v) is 9.99. The van der Waals surface area contributed by atoms with Gasteiger partial charge in [0.15, 0.2) is 0 Å². The highest BCUT2D eigenvalue weighted by molar-refractivity contribution is 8.26. The van der Waals surface area contributed by atoms with Crippen LogP contribution in [0.15, 0.2) is 45.7 Å². The molecule has 5 nitrogen and oxygen atoms in total. The van der Waals surface area contributed by atoms with Crippen LogP contribution in [0.2, 0.25) is 0 Å². The molecule has 28 heavy (non-hydrogen) atoms. The van der Waals surface area contributed by atoms with E-state index in [1.165, 1.54) is 28.8 Å². The minimum atomic E-state index is -0.813. The number of furan rings is 1. The lowest BCUT2D eigenvalue weighted by Gasteiger charge is -2.13. The smallest absolute Gasteiger partial charge is 0.303 e. The lowest BCUT2D eigenvalue weighted by molar-refractivity contribution is -0.137. The van der Waals surface area contributed by atoms with Crippen LogP contribution in [0.3, 0.4) is 0 Å². The third-order valence-electron chi connectivity index (χ3n) is 4.17. The fourth-order valence-electron chi connectivity index (χ4n) is 2.74. The molecule has 1 aromatic carbocycles. The van der Waals surface area contributed by atoms with E-state index in [1.807, 2.05) is 0 Å². The molecule has 2 heterocycles. The number of carboxylic acid groups (broad SMARTS) is 1. The Hall–Kier alpha value is -2.45. The zero-order chi connectivity index (χ0) is 20.1. The number of aliphatic carboxylic acids is 1. The minimum Gasteiger partial charge on any atom is -0.481 e. The average molecular weight is 419 g/mol. The highest BCUT2D eigenvalue weighted by atomic mass is 32.2. The second-order valence-electron chi connectivity index (χ2n) is 6.25. The van der Waals surface area contributed by atoms with Gasteiger partial charge < -0.3 is 9.52 Å². The quantitative estimate of drug-likeness (QED) is 0.372. The summed E-state index contributed by atoms with van der Waals surface area (Å²) in [7, 11) is 0. The van der Waals surface area contributed by atoms with Gasteiger partial charge in [-0.05, 0) is 49.2 Å². The molecule has 8 heteroatoms. The number of halogens is 1. The predicted molar refractivity (Wildman–Crippen MR) is 110 cm³/mol. The number of amides is 1. The van der Waals surface area contributed by atoms with Crippen LogP contribution in [0, 0.1) is 5.82 Å². The van der Waals surface area contributed by atoms with Gasteiger partial charge in [0.25, 0.3) is 5.91 Å². The lowest BCUT2D eigenvalue weighted by atomic mass is 10.2. The van der Waals surface area contributed by atoms with Crippen molar-refractivity contribution in [3.05, 3.63) is 52.9 Å². The summed E-state index contributed by atoms with van der Waals surface area (Å²) in [6.07, 6.45) is 3.78. The first-order chi connectivity index (χ1) is 13.4. The second-order valence-corrected chi connectivity index (χ2v) is 7.92. The van der Waals surface area contributed by atoms with Crippen molar-refractivity contribution in [2.75, 3.05) is 6.54 Å². The average Bonchev–Trinajstić information content (AvgIpc) is 3.22. The number of carboxylic acids is 1. The number of hydrogen-bond donors (Lipinski definition) is 1. The Balaban J connectivity index is 1.62. The molecule has 0 bridgehead atoms. The predicted octanol–water partition coefficient (Wildman–Crippen LogP) is 4.93. The van der Waals surface area contributed by atoms with Gasteiger partial charge in [0.1, 0.15) is 21.7 Å². The van der Waals surface area contributed by atoms with Gasteiger partial charge in [-0.3, -0.25) is 14.5 Å². The van der Waals surface area contributed by atoms with E-state index in [0.717, 1.165) is 12.0 Å². The number of rotatable bonds is 8. The van der Waals surface area contributed by atoms with Crippen LogP contribution in [0.4, 0.5) is 4.39 Å². The summed E-state index contributed by atoms with van der Waals surface area (Å²) in [5.41, 5.74) is 0.745. The SMILES string of the molecule is O=C(O)CCCCCN1C(=O)/C(=C/c2ccc(-c3ccc(F)cc3)o2)SC1=S. The minimum absolute atomic E-state index is 0.132. The van der Waals surface area contributed by atoms with Gasteiger partial charge >= 0.3 is 5.97 Å². The molecule has 1 fully saturated rings. The number of benzene rings is 1. The molecule has 1 aliphatic rings. The lowest BCUT2D eigenvalue weighted by Crippen LogP contribution is -2.29. The Morgan fingerprint density at radius 1 is 1.18 bits per heavy atom. The monoisotopic (exact) mass is 419 g/mol. The Bertz CT molecular complexity index is 921. The molecule has 1 amide bonds. The molecule has 0 saturated carbocycles. The Kier molecular flexibility index (Phi) is 6.64. The van der Waals surface area contributed by atoms with E-state index in [2.05, 4.69) is 0 Å². The van der Waals surface area contributed by atoms with Crippen molar-refractivity contribution < 1.29 is 23.5 Å². The molecule has 1 aromatic heterocycles. The molecule has 2 aromatic rings. The summed E-state index contributed by atoms with van der Waals surface area (Å²) in [5.74, 6) is -0.205. The molecular formula is C20H18FNO4S2. The Morgan fingerprint density at radius 2 is 1.93 bits per heavy atom. The summed E-state index contributed by atoms with van der Waals surface area (Å²) in [5, 5.41) is 8.65. The van der Waals surface area contributed by atoms with E-state index in [4.69, 9.17) is 21.7 Å². The molecule has 146 valence electrons. The van der Waals surface area contributed by atoms with Crippen LogP contribution in [0.1, 0.15) is 31.4 Å². The van der Waals surface area contributed by atoms with Crippen LogP contribution < -0.4 is 0 Å². The molecular weight excluding hydrogens is 401 g/mol. The van der Waals surface area contributed by atoms with Gasteiger partial charge in [-0.25, -0.2) is 4.39 Å². The zero-order valence-electron chi connectivity index (χ0n) is 14.9. The first-order valence-electron chi connectivity index (χ1n) is 8.77. The number of carbonyl (C=O) groups excluding carboxylic acids is 1. The summed E-state index contributed by atoms with van der Waals surface area (Å²) in [6, 6.07) is 9.49. The topological polar surface area (TPSA) is 70.8 Å². The van der Waals surface area contributed by atoms with Crippen LogP contribution in [0.25, 0.3) is 17.4 Å². The van der Waals surface area contributed by atoms with E-state index in [-0.39, 0.29) is 18.1 Å². The molecule has 0 atom stereocenters. The van der Waals surface area contributed by atoms with Crippen molar-refractivity contribution in [3.63, 3.8) is 0 Å². The third-order valence-corrected chi connectivity index (χ3v) is 5.55. The van der Waals surface area contributed by atoms with E-state index in [9.17, 15) is 14.0 Å². The Labute approximate surface area is 171 Å². The highest BCUT2D eigenvalue weighted by Crippen LogP contribution is 2.33. The van der Waals surface area contributed by atoms with Gasteiger partial charge in [0.2, 0.25) is 0 Å². The van der Waals surface area contributed by atoms with Crippen molar-refractivity contribution in [1.82, 2.24) is 4.90 Å². The highest BCUT2D eigenvalue weighted by Gasteiger charge is 2.31. The largest absolute Gasteiger partial charge is 0.481 e. The van der Waals surface area contributed by atoms with E-state index < -0.39 is 5.97 Å². The maximum absolute atomic E-state index is 13.0. The van der Waals surface area contributed by atoms with Crippen LogP contribution in [-0.2, 0) is 9.59 Å². The van der Waals surface area contributed by atoms with Gasteiger partial charge in [-0.1, -0.05) is 30.4 Å². The van der Waals surface area contributed by atoms with Crippen molar-refractivity contribution in [1.29, 1.82) is 0 Å².